The average molecular weight is 281 g/mol. The van der Waals surface area contributed by atoms with E-state index in [9.17, 15) is 4.79 Å². The van der Waals surface area contributed by atoms with Crippen molar-refractivity contribution >= 4 is 5.97 Å². The van der Waals surface area contributed by atoms with Gasteiger partial charge in [-0.3, -0.25) is 0 Å². The minimum atomic E-state index is -0.277. The summed E-state index contributed by atoms with van der Waals surface area (Å²) < 4.78 is 5.31. The molecule has 3 heteroatoms. The quantitative estimate of drug-likeness (QED) is 0.826. The summed E-state index contributed by atoms with van der Waals surface area (Å²) in [6, 6.07) is 18.0. The van der Waals surface area contributed by atoms with Gasteiger partial charge < -0.3 is 10.1 Å². The number of nitrogens with one attached hydrogen (secondary N) is 1. The largest absolute Gasteiger partial charge is 0.457 e. The molecule has 3 nitrogen and oxygen atoms in total. The van der Waals surface area contributed by atoms with E-state index in [1.54, 1.807) is 0 Å². The zero-order chi connectivity index (χ0) is 14.5. The highest BCUT2D eigenvalue weighted by molar-refractivity contribution is 5.89. The van der Waals surface area contributed by atoms with E-state index in [2.05, 4.69) is 5.32 Å². The molecule has 1 N–H and O–H groups in total. The molecular weight excluding hydrogens is 262 g/mol. The van der Waals surface area contributed by atoms with Crippen molar-refractivity contribution in [2.75, 3.05) is 0 Å². The summed E-state index contributed by atoms with van der Waals surface area (Å²) in [5.74, 6) is -0.277. The van der Waals surface area contributed by atoms with Crippen LogP contribution in [0.4, 0.5) is 0 Å². The molecule has 2 aromatic rings. The first kappa shape index (κ1) is 13.8. The van der Waals surface area contributed by atoms with Gasteiger partial charge in [0.25, 0.3) is 0 Å². The normalized spacial score (nSPS) is 13.9. The molecule has 0 radical (unpaired) electrons. The lowest BCUT2D eigenvalue weighted by Gasteiger charge is -2.06. The zero-order valence-corrected chi connectivity index (χ0v) is 11.9. The van der Waals surface area contributed by atoms with Gasteiger partial charge in [0, 0.05) is 12.6 Å². The number of hydrogen-bond donors (Lipinski definition) is 1. The number of carbonyl (C=O) groups is 1. The SMILES string of the molecule is O=C(OCc1ccccc1)c1ccc(CNC2CC2)cc1. The number of benzene rings is 2. The maximum Gasteiger partial charge on any atom is 0.338 e. The highest BCUT2D eigenvalue weighted by Crippen LogP contribution is 2.19. The molecule has 1 aliphatic carbocycles. The summed E-state index contributed by atoms with van der Waals surface area (Å²) in [7, 11) is 0. The second-order valence-corrected chi connectivity index (χ2v) is 5.41. The van der Waals surface area contributed by atoms with Gasteiger partial charge in [-0.15, -0.1) is 0 Å². The Balaban J connectivity index is 1.51. The molecule has 0 bridgehead atoms. The summed E-state index contributed by atoms with van der Waals surface area (Å²) in [5, 5.41) is 3.45. The molecule has 0 atom stereocenters. The molecule has 108 valence electrons. The van der Waals surface area contributed by atoms with Gasteiger partial charge in [0.2, 0.25) is 0 Å². The molecule has 3 rings (SSSR count). The van der Waals surface area contributed by atoms with Crippen molar-refractivity contribution in [2.24, 2.45) is 0 Å². The summed E-state index contributed by atoms with van der Waals surface area (Å²) in [5.41, 5.74) is 2.79. The maximum absolute atomic E-state index is 12.0. The van der Waals surface area contributed by atoms with Gasteiger partial charge in [-0.25, -0.2) is 4.79 Å². The summed E-state index contributed by atoms with van der Waals surface area (Å²) in [6.07, 6.45) is 2.56. The molecule has 0 spiro atoms. The first-order valence-electron chi connectivity index (χ1n) is 7.34. The fourth-order valence-electron chi connectivity index (χ4n) is 2.11. The van der Waals surface area contributed by atoms with E-state index < -0.39 is 0 Å². The molecule has 0 heterocycles. The van der Waals surface area contributed by atoms with E-state index >= 15 is 0 Å². The molecule has 0 aromatic heterocycles. The first-order valence-corrected chi connectivity index (χ1v) is 7.34. The van der Waals surface area contributed by atoms with Crippen LogP contribution in [-0.4, -0.2) is 12.0 Å². The van der Waals surface area contributed by atoms with E-state index in [4.69, 9.17) is 4.74 Å². The lowest BCUT2D eigenvalue weighted by molar-refractivity contribution is 0.0472. The van der Waals surface area contributed by atoms with Crippen LogP contribution < -0.4 is 5.32 Å². The summed E-state index contributed by atoms with van der Waals surface area (Å²) in [4.78, 5) is 12.0. The Hall–Kier alpha value is -2.13. The predicted molar refractivity (Wildman–Crippen MR) is 81.9 cm³/mol. The van der Waals surface area contributed by atoms with Crippen LogP contribution in [0.15, 0.2) is 54.6 Å². The molecule has 0 saturated heterocycles. The molecule has 21 heavy (non-hydrogen) atoms. The molecule has 2 aromatic carbocycles. The molecule has 1 aliphatic rings. The van der Waals surface area contributed by atoms with Crippen molar-refractivity contribution < 1.29 is 9.53 Å². The van der Waals surface area contributed by atoms with Gasteiger partial charge in [-0.1, -0.05) is 42.5 Å². The minimum Gasteiger partial charge on any atom is -0.457 e. The van der Waals surface area contributed by atoms with E-state index in [1.165, 1.54) is 18.4 Å². The van der Waals surface area contributed by atoms with Gasteiger partial charge in [0.15, 0.2) is 0 Å². The molecule has 0 aliphatic heterocycles. The van der Waals surface area contributed by atoms with Gasteiger partial charge in [0.05, 0.1) is 5.56 Å². The Bertz CT molecular complexity index is 588. The van der Waals surface area contributed by atoms with Crippen LogP contribution in [-0.2, 0) is 17.9 Å². The van der Waals surface area contributed by atoms with Gasteiger partial charge in [0.1, 0.15) is 6.61 Å². The van der Waals surface area contributed by atoms with E-state index in [0.717, 1.165) is 12.1 Å². The highest BCUT2D eigenvalue weighted by atomic mass is 16.5. The van der Waals surface area contributed by atoms with Crippen LogP contribution in [0.3, 0.4) is 0 Å². The molecule has 0 amide bonds. The number of ether oxygens (including phenoxy) is 1. The second kappa shape index (κ2) is 6.55. The van der Waals surface area contributed by atoms with Gasteiger partial charge >= 0.3 is 5.97 Å². The van der Waals surface area contributed by atoms with Crippen molar-refractivity contribution in [2.45, 2.75) is 32.0 Å². The van der Waals surface area contributed by atoms with Crippen molar-refractivity contribution in [3.63, 3.8) is 0 Å². The van der Waals surface area contributed by atoms with Crippen LogP contribution in [0.1, 0.15) is 34.3 Å². The van der Waals surface area contributed by atoms with Crippen molar-refractivity contribution in [3.05, 3.63) is 71.3 Å². The molecule has 1 fully saturated rings. The zero-order valence-electron chi connectivity index (χ0n) is 11.9. The summed E-state index contributed by atoms with van der Waals surface area (Å²) >= 11 is 0. The number of esters is 1. The first-order chi connectivity index (χ1) is 10.3. The topological polar surface area (TPSA) is 38.3 Å². The van der Waals surface area contributed by atoms with E-state index in [-0.39, 0.29) is 5.97 Å². The Kier molecular flexibility index (Phi) is 4.31. The highest BCUT2D eigenvalue weighted by Gasteiger charge is 2.19. The fourth-order valence-corrected chi connectivity index (χ4v) is 2.11. The Morgan fingerprint density at radius 1 is 1.00 bits per heavy atom. The minimum absolute atomic E-state index is 0.277. The van der Waals surface area contributed by atoms with Crippen LogP contribution in [0, 0.1) is 0 Å². The lowest BCUT2D eigenvalue weighted by Crippen LogP contribution is -2.15. The Morgan fingerprint density at radius 3 is 2.38 bits per heavy atom. The maximum atomic E-state index is 12.0. The number of rotatable bonds is 6. The summed E-state index contributed by atoms with van der Waals surface area (Å²) in [6.45, 7) is 1.18. The molecular formula is C18H19NO2. The standard InChI is InChI=1S/C18H19NO2/c20-18(21-13-15-4-2-1-3-5-15)16-8-6-14(7-9-16)12-19-17-10-11-17/h1-9,17,19H,10-13H2. The third kappa shape index (κ3) is 4.17. The van der Waals surface area contributed by atoms with Crippen LogP contribution in [0.2, 0.25) is 0 Å². The van der Waals surface area contributed by atoms with Gasteiger partial charge in [-0.2, -0.15) is 0 Å². The fraction of sp³-hybridized carbons (Fsp3) is 0.278. The average Bonchev–Trinajstić information content (AvgIpc) is 3.36. The second-order valence-electron chi connectivity index (χ2n) is 5.41. The van der Waals surface area contributed by atoms with Crippen LogP contribution in [0.5, 0.6) is 0 Å². The Labute approximate surface area is 124 Å². The smallest absolute Gasteiger partial charge is 0.338 e. The van der Waals surface area contributed by atoms with E-state index in [0.29, 0.717) is 18.2 Å². The van der Waals surface area contributed by atoms with E-state index in [1.807, 2.05) is 54.6 Å². The van der Waals surface area contributed by atoms with Gasteiger partial charge in [-0.05, 0) is 36.1 Å². The Morgan fingerprint density at radius 2 is 1.71 bits per heavy atom. The number of carbonyl (C=O) groups excluding carboxylic acids is 1. The predicted octanol–water partition coefficient (Wildman–Crippen LogP) is 3.30. The van der Waals surface area contributed by atoms with Crippen molar-refractivity contribution in [1.82, 2.24) is 5.32 Å². The molecule has 0 unspecified atom stereocenters. The third-order valence-electron chi connectivity index (χ3n) is 3.57. The van der Waals surface area contributed by atoms with Crippen molar-refractivity contribution in [3.8, 4) is 0 Å². The van der Waals surface area contributed by atoms with Crippen LogP contribution in [0.25, 0.3) is 0 Å². The monoisotopic (exact) mass is 281 g/mol. The molecule has 1 saturated carbocycles. The number of hydrogen-bond acceptors (Lipinski definition) is 3. The lowest BCUT2D eigenvalue weighted by atomic mass is 10.1. The van der Waals surface area contributed by atoms with Crippen LogP contribution >= 0.6 is 0 Å². The van der Waals surface area contributed by atoms with Crippen molar-refractivity contribution in [1.29, 1.82) is 0 Å². The third-order valence-corrected chi connectivity index (χ3v) is 3.57.